The normalized spacial score (nSPS) is 11.6. The average Bonchev–Trinajstić information content (AvgIpc) is 3.38. The Morgan fingerprint density at radius 1 is 0.589 bits per heavy atom. The van der Waals surface area contributed by atoms with Crippen molar-refractivity contribution in [2.75, 3.05) is 31.4 Å². The van der Waals surface area contributed by atoms with Gasteiger partial charge >= 0.3 is 17.9 Å². The molecule has 16 heteroatoms. The van der Waals surface area contributed by atoms with Gasteiger partial charge in [-0.3, -0.25) is 19.4 Å². The van der Waals surface area contributed by atoms with Crippen molar-refractivity contribution in [3.63, 3.8) is 0 Å². The highest BCUT2D eigenvalue weighted by Gasteiger charge is 2.27. The first-order valence-electron chi connectivity index (χ1n) is 22.5. The van der Waals surface area contributed by atoms with Crippen molar-refractivity contribution in [2.45, 2.75) is 6.54 Å². The summed E-state index contributed by atoms with van der Waals surface area (Å²) in [4.78, 5) is 84.8. The second-order valence-corrected chi connectivity index (χ2v) is 17.3. The minimum Gasteiger partial charge on any atom is -0.508 e. The minimum atomic E-state index is -1.40. The zero-order valence-corrected chi connectivity index (χ0v) is 38.9. The Morgan fingerprint density at radius 2 is 1.21 bits per heavy atom. The molecule has 2 aliphatic carbocycles. The van der Waals surface area contributed by atoms with Crippen LogP contribution in [0.5, 0.6) is 5.75 Å². The number of hydrogen-bond donors (Lipinski definition) is 6. The van der Waals surface area contributed by atoms with E-state index in [1.165, 1.54) is 48.5 Å². The van der Waals surface area contributed by atoms with E-state index >= 15 is 0 Å². The number of phenols is 1. The van der Waals surface area contributed by atoms with Crippen LogP contribution in [0, 0.1) is 0 Å². The van der Waals surface area contributed by atoms with Crippen molar-refractivity contribution in [1.82, 2.24) is 5.32 Å². The lowest BCUT2D eigenvalue weighted by molar-refractivity contribution is 0.0682. The molecule has 6 aromatic carbocycles. The molecular weight excluding hydrogens is 933 g/mol. The number of fused-ring (bicyclic) bond motifs is 5. The zero-order chi connectivity index (χ0) is 51.4. The molecule has 0 unspecified atom stereocenters. The number of benzene rings is 8. The number of aromatic carboxylic acids is 3. The van der Waals surface area contributed by atoms with Crippen LogP contribution in [-0.2, 0) is 6.54 Å². The van der Waals surface area contributed by atoms with E-state index < -0.39 is 35.2 Å². The number of phenolic OH excluding ortho intramolecular Hbond substituents is 1. The number of aromatic hydroxyl groups is 1. The third-order valence-electron chi connectivity index (χ3n) is 12.8. The molecule has 4 aliphatic rings. The summed E-state index contributed by atoms with van der Waals surface area (Å²) < 4.78 is 12.6. The summed E-state index contributed by atoms with van der Waals surface area (Å²) in [6.45, 7) is -0.337. The Bertz CT molecular complexity index is 4080. The molecule has 6 aromatic rings. The number of nitrogens with zero attached hydrogens (tertiary/aromatic N) is 2. The van der Waals surface area contributed by atoms with Crippen LogP contribution in [-0.4, -0.2) is 71.3 Å². The molecule has 0 spiro atoms. The number of carbonyl (C=O) groups is 5. The SMILES string of the molecule is CN=c1ccc2c(-c3ccc(C(=O)Nc4cccc5cc(C(=O)NCc6c7oc8cc(O)ccc8c(-c8ccc(C(=O)O)cc8C(=O)O)c-7ccc6=O)ccc45)cc3C(=O)O)c3ccc(N(C)C)cc3oc-2c1. The predicted molar refractivity (Wildman–Crippen MR) is 274 cm³/mol. The Kier molecular flexibility index (Phi) is 11.7. The number of carboxylic acid groups (broad SMARTS) is 3. The molecule has 0 atom stereocenters. The van der Waals surface area contributed by atoms with Gasteiger partial charge in [0.15, 0.2) is 5.43 Å². The van der Waals surface area contributed by atoms with Gasteiger partial charge in [0, 0.05) is 100 Å². The van der Waals surface area contributed by atoms with Crippen molar-refractivity contribution in [2.24, 2.45) is 4.99 Å². The second kappa shape index (κ2) is 18.3. The first kappa shape index (κ1) is 46.6. The first-order valence-corrected chi connectivity index (χ1v) is 22.5. The summed E-state index contributed by atoms with van der Waals surface area (Å²) in [7, 11) is 5.48. The summed E-state index contributed by atoms with van der Waals surface area (Å²) in [6.07, 6.45) is 0. The average molecular weight is 973 g/mol. The lowest BCUT2D eigenvalue weighted by Gasteiger charge is -2.19. The minimum absolute atomic E-state index is 0.00226. The number of carbonyl (C=O) groups excluding carboxylic acids is 2. The van der Waals surface area contributed by atoms with Crippen LogP contribution >= 0.6 is 0 Å². The Labute approximate surface area is 413 Å². The highest BCUT2D eigenvalue weighted by molar-refractivity contribution is 6.14. The number of nitrogens with one attached hydrogen (secondary N) is 2. The van der Waals surface area contributed by atoms with Crippen molar-refractivity contribution in [1.29, 1.82) is 0 Å². The molecule has 2 aliphatic heterocycles. The predicted octanol–water partition coefficient (Wildman–Crippen LogP) is 9.81. The molecule has 0 fully saturated rings. The molecule has 360 valence electrons. The van der Waals surface area contributed by atoms with E-state index in [-0.39, 0.29) is 62.6 Å². The molecule has 0 aromatic heterocycles. The summed E-state index contributed by atoms with van der Waals surface area (Å²) in [5, 5.41) is 49.3. The van der Waals surface area contributed by atoms with Gasteiger partial charge in [-0.05, 0) is 108 Å². The van der Waals surface area contributed by atoms with Crippen LogP contribution in [0.4, 0.5) is 11.4 Å². The molecule has 0 bridgehead atoms. The lowest BCUT2D eigenvalue weighted by Crippen LogP contribution is -2.26. The van der Waals surface area contributed by atoms with E-state index in [0.29, 0.717) is 71.8 Å². The summed E-state index contributed by atoms with van der Waals surface area (Å²) in [6, 6.07) is 36.1. The zero-order valence-electron chi connectivity index (χ0n) is 38.9. The van der Waals surface area contributed by atoms with Crippen LogP contribution in [0.3, 0.4) is 0 Å². The van der Waals surface area contributed by atoms with Crippen LogP contribution in [0.2, 0.25) is 0 Å². The molecule has 6 N–H and O–H groups in total. The van der Waals surface area contributed by atoms with Crippen molar-refractivity contribution in [3.05, 3.63) is 188 Å². The smallest absolute Gasteiger partial charge is 0.336 e. The molecule has 0 saturated heterocycles. The molecule has 0 saturated carbocycles. The molecule has 2 heterocycles. The first-order chi connectivity index (χ1) is 35.1. The van der Waals surface area contributed by atoms with E-state index in [4.69, 9.17) is 8.83 Å². The third-order valence-corrected chi connectivity index (χ3v) is 12.8. The van der Waals surface area contributed by atoms with Gasteiger partial charge in [-0.1, -0.05) is 30.3 Å². The summed E-state index contributed by atoms with van der Waals surface area (Å²) in [5.74, 6) is -4.80. The van der Waals surface area contributed by atoms with Crippen LogP contribution in [0.25, 0.3) is 77.6 Å². The number of amides is 2. The van der Waals surface area contributed by atoms with Crippen molar-refractivity contribution >= 4 is 73.8 Å². The van der Waals surface area contributed by atoms with Crippen molar-refractivity contribution < 1.29 is 53.2 Å². The maximum Gasteiger partial charge on any atom is 0.336 e. The van der Waals surface area contributed by atoms with Gasteiger partial charge in [0.2, 0.25) is 0 Å². The molecule has 10 rings (SSSR count). The fourth-order valence-corrected chi connectivity index (χ4v) is 9.16. The van der Waals surface area contributed by atoms with Gasteiger partial charge in [0.05, 0.1) is 34.2 Å². The molecule has 73 heavy (non-hydrogen) atoms. The number of carboxylic acids is 3. The van der Waals surface area contributed by atoms with Gasteiger partial charge in [-0.25, -0.2) is 14.4 Å². The van der Waals surface area contributed by atoms with Gasteiger partial charge in [0.25, 0.3) is 11.8 Å². The lowest BCUT2D eigenvalue weighted by atomic mass is 9.88. The maximum atomic E-state index is 14.0. The second-order valence-electron chi connectivity index (χ2n) is 17.3. The van der Waals surface area contributed by atoms with Gasteiger partial charge < -0.3 is 44.8 Å². The fourth-order valence-electron chi connectivity index (χ4n) is 9.16. The fraction of sp³-hybridized carbons (Fsp3) is 0.0702. The van der Waals surface area contributed by atoms with Crippen LogP contribution < -0.4 is 26.3 Å². The highest BCUT2D eigenvalue weighted by atomic mass is 16.4. The maximum absolute atomic E-state index is 14.0. The Balaban J connectivity index is 0.937. The number of anilines is 2. The quantitative estimate of drug-likeness (QED) is 0.0661. The molecule has 16 nitrogen and oxygen atoms in total. The molecule has 0 radical (unpaired) electrons. The standard InChI is InChI=1S/C57H40N4O12/c1-58-32-10-16-38-47(24-32)72-48-25-33(61(2)3)11-17-39(48)50(38)36-14-8-30(22-42(36)56(68)69)54(65)60-45-6-4-5-28-21-29(7-13-35(28)45)53(64)59-27-44-46(63)20-19-41-51(40-18-12-34(62)26-49(40)73-52(41)44)37-15-9-31(55(66)67)23-43(37)57(70)71/h4-26,62H,27H2,1-3H3,(H,59,64)(H,60,65)(H,66,67)(H,68,69)(H,70,71). The van der Waals surface area contributed by atoms with Gasteiger partial charge in [-0.2, -0.15) is 0 Å². The highest BCUT2D eigenvalue weighted by Crippen LogP contribution is 2.45. The van der Waals surface area contributed by atoms with E-state index in [1.807, 2.05) is 49.3 Å². The van der Waals surface area contributed by atoms with E-state index in [9.17, 15) is 49.2 Å². The topological polar surface area (TPSA) is 249 Å². The molecular formula is C57H40N4O12. The Morgan fingerprint density at radius 3 is 1.90 bits per heavy atom. The van der Waals surface area contributed by atoms with E-state index in [1.54, 1.807) is 61.6 Å². The number of hydrogen-bond acceptors (Lipinski definition) is 11. The summed E-state index contributed by atoms with van der Waals surface area (Å²) in [5.41, 5.74) is 3.35. The van der Waals surface area contributed by atoms with Crippen LogP contribution in [0.1, 0.15) is 57.4 Å². The van der Waals surface area contributed by atoms with E-state index in [2.05, 4.69) is 15.6 Å². The van der Waals surface area contributed by atoms with Crippen LogP contribution in [0.15, 0.2) is 158 Å². The molecule has 2 amide bonds. The van der Waals surface area contributed by atoms with Gasteiger partial charge in [-0.15, -0.1) is 0 Å². The van der Waals surface area contributed by atoms with E-state index in [0.717, 1.165) is 11.8 Å². The van der Waals surface area contributed by atoms with Gasteiger partial charge in [0.1, 0.15) is 28.4 Å². The third kappa shape index (κ3) is 8.48. The number of rotatable bonds is 11. The monoisotopic (exact) mass is 972 g/mol. The largest absolute Gasteiger partial charge is 0.508 e. The Hall–Kier alpha value is -10.1. The van der Waals surface area contributed by atoms with Crippen molar-refractivity contribution in [3.8, 4) is 50.7 Å². The summed E-state index contributed by atoms with van der Waals surface area (Å²) >= 11 is 0.